The van der Waals surface area contributed by atoms with Crippen molar-refractivity contribution in [3.63, 3.8) is 0 Å². The van der Waals surface area contributed by atoms with Crippen LogP contribution in [-0.4, -0.2) is 41.6 Å². The third kappa shape index (κ3) is 3.47. The molecule has 1 saturated heterocycles. The number of amides is 1. The zero-order chi connectivity index (χ0) is 13.7. The Bertz CT molecular complexity index is 535. The molecule has 6 heteroatoms. The van der Waals surface area contributed by atoms with E-state index in [1.807, 2.05) is 12.1 Å². The van der Waals surface area contributed by atoms with Gasteiger partial charge < -0.3 is 9.64 Å². The van der Waals surface area contributed by atoms with Gasteiger partial charge >= 0.3 is 6.09 Å². The van der Waals surface area contributed by atoms with Crippen molar-refractivity contribution in [1.82, 2.24) is 4.90 Å². The summed E-state index contributed by atoms with van der Waals surface area (Å²) in [5, 5.41) is 2.16. The highest BCUT2D eigenvalue weighted by Gasteiger charge is 2.21. The van der Waals surface area contributed by atoms with E-state index in [1.165, 1.54) is 0 Å². The first-order chi connectivity index (χ1) is 9.20. The maximum atomic E-state index is 11.6. The molecule has 1 aliphatic rings. The summed E-state index contributed by atoms with van der Waals surface area (Å²) < 4.78 is 4.85. The van der Waals surface area contributed by atoms with E-state index in [4.69, 9.17) is 4.74 Å². The Kier molecular flexibility index (Phi) is 4.39. The predicted molar refractivity (Wildman–Crippen MR) is 72.4 cm³/mol. The molecule has 19 heavy (non-hydrogen) atoms. The summed E-state index contributed by atoms with van der Waals surface area (Å²) in [6.07, 6.45) is -0.296. The van der Waals surface area contributed by atoms with Gasteiger partial charge in [0.25, 0.3) is 0 Å². The van der Waals surface area contributed by atoms with Crippen molar-refractivity contribution in [2.75, 3.05) is 19.7 Å². The Morgan fingerprint density at radius 2 is 2.16 bits per heavy atom. The Balaban J connectivity index is 1.99. The summed E-state index contributed by atoms with van der Waals surface area (Å²) in [5.74, 6) is -0.107. The van der Waals surface area contributed by atoms with Crippen LogP contribution in [0.3, 0.4) is 0 Å². The van der Waals surface area contributed by atoms with Crippen molar-refractivity contribution >= 4 is 29.3 Å². The van der Waals surface area contributed by atoms with Gasteiger partial charge in [-0.05, 0) is 17.8 Å². The van der Waals surface area contributed by atoms with Gasteiger partial charge in [-0.3, -0.25) is 4.79 Å². The van der Waals surface area contributed by atoms with Crippen LogP contribution in [0.25, 0.3) is 0 Å². The number of thiocarbonyl (C=S) groups is 1. The molecular weight excluding hydrogens is 264 g/mol. The molecule has 2 rings (SSSR count). The lowest BCUT2D eigenvalue weighted by Gasteiger charge is -2.12. The molecule has 1 heterocycles. The molecule has 0 aromatic heterocycles. The fraction of sp³-hybridized carbons (Fsp3) is 0.308. The van der Waals surface area contributed by atoms with Gasteiger partial charge in [-0.2, -0.15) is 0 Å². The first-order valence-electron chi connectivity index (χ1n) is 5.78. The standard InChI is InChI=1S/C13H12N2O3S/c16-12(7-14-9-19)11-3-1-10(2-4-11)8-15-5-6-18-13(15)17/h1-4H,5-8H2. The molecule has 0 saturated carbocycles. The van der Waals surface area contributed by atoms with Crippen LogP contribution in [0.5, 0.6) is 0 Å². The lowest BCUT2D eigenvalue weighted by Crippen LogP contribution is -2.23. The SMILES string of the molecule is O=C(CN=C=S)c1ccc(CN2CCOC2=O)cc1. The number of cyclic esters (lactones) is 1. The molecule has 1 amide bonds. The maximum Gasteiger partial charge on any atom is 0.410 e. The third-order valence-corrected chi connectivity index (χ3v) is 2.91. The number of ether oxygens (including phenoxy) is 1. The van der Waals surface area contributed by atoms with Gasteiger partial charge in [0, 0.05) is 12.1 Å². The van der Waals surface area contributed by atoms with Gasteiger partial charge in [0.1, 0.15) is 13.2 Å². The highest BCUT2D eigenvalue weighted by atomic mass is 32.1. The normalized spacial score (nSPS) is 13.9. The second-order valence-corrected chi connectivity index (χ2v) is 4.25. The monoisotopic (exact) mass is 276 g/mol. The average molecular weight is 276 g/mol. The van der Waals surface area contributed by atoms with E-state index >= 15 is 0 Å². The second kappa shape index (κ2) is 6.22. The molecule has 0 unspecified atom stereocenters. The van der Waals surface area contributed by atoms with Crippen molar-refractivity contribution in [2.45, 2.75) is 6.54 Å². The van der Waals surface area contributed by atoms with Crippen LogP contribution in [-0.2, 0) is 11.3 Å². The van der Waals surface area contributed by atoms with E-state index < -0.39 is 0 Å². The number of Topliss-reactive ketones (excluding diaryl/α,β-unsaturated/α-hetero) is 1. The Hall–Kier alpha value is -2.04. The summed E-state index contributed by atoms with van der Waals surface area (Å²) in [6.45, 7) is 1.54. The van der Waals surface area contributed by atoms with Crippen LogP contribution < -0.4 is 0 Å². The Morgan fingerprint density at radius 3 is 2.74 bits per heavy atom. The minimum Gasteiger partial charge on any atom is -0.448 e. The van der Waals surface area contributed by atoms with Crippen LogP contribution in [0.15, 0.2) is 29.3 Å². The molecule has 0 N–H and O–H groups in total. The average Bonchev–Trinajstić information content (AvgIpc) is 2.82. The van der Waals surface area contributed by atoms with Gasteiger partial charge in [0.15, 0.2) is 5.78 Å². The van der Waals surface area contributed by atoms with E-state index in [0.717, 1.165) is 5.56 Å². The van der Waals surface area contributed by atoms with E-state index in [-0.39, 0.29) is 18.4 Å². The number of rotatable bonds is 5. The molecule has 0 atom stereocenters. The number of carbonyl (C=O) groups excluding carboxylic acids is 2. The van der Waals surface area contributed by atoms with E-state index in [9.17, 15) is 9.59 Å². The summed E-state index contributed by atoms with van der Waals surface area (Å²) in [4.78, 5) is 28.2. The maximum absolute atomic E-state index is 11.6. The first kappa shape index (κ1) is 13.4. The van der Waals surface area contributed by atoms with E-state index in [0.29, 0.717) is 25.3 Å². The largest absolute Gasteiger partial charge is 0.448 e. The molecule has 0 spiro atoms. The van der Waals surface area contributed by atoms with Gasteiger partial charge in [0.05, 0.1) is 11.7 Å². The van der Waals surface area contributed by atoms with E-state index in [2.05, 4.69) is 22.4 Å². The van der Waals surface area contributed by atoms with Gasteiger partial charge in [-0.15, -0.1) is 0 Å². The quantitative estimate of drug-likeness (QED) is 0.468. The number of ketones is 1. The van der Waals surface area contributed by atoms with Crippen molar-refractivity contribution in [1.29, 1.82) is 0 Å². The van der Waals surface area contributed by atoms with Crippen molar-refractivity contribution in [2.24, 2.45) is 4.99 Å². The van der Waals surface area contributed by atoms with Crippen LogP contribution >= 0.6 is 12.2 Å². The summed E-state index contributed by atoms with van der Waals surface area (Å²) in [7, 11) is 0. The molecule has 98 valence electrons. The van der Waals surface area contributed by atoms with Crippen molar-refractivity contribution < 1.29 is 14.3 Å². The van der Waals surface area contributed by atoms with E-state index in [1.54, 1.807) is 17.0 Å². The Morgan fingerprint density at radius 1 is 1.42 bits per heavy atom. The molecule has 0 bridgehead atoms. The molecule has 1 aliphatic heterocycles. The second-order valence-electron chi connectivity index (χ2n) is 4.06. The summed E-state index contributed by atoms with van der Waals surface area (Å²) in [6, 6.07) is 7.08. The zero-order valence-electron chi connectivity index (χ0n) is 10.2. The predicted octanol–water partition coefficient (Wildman–Crippen LogP) is 1.92. The van der Waals surface area contributed by atoms with Crippen LogP contribution in [0.1, 0.15) is 15.9 Å². The summed E-state index contributed by atoms with van der Waals surface area (Å²) in [5.41, 5.74) is 1.52. The smallest absolute Gasteiger partial charge is 0.410 e. The van der Waals surface area contributed by atoms with Gasteiger partial charge in [-0.25, -0.2) is 9.79 Å². The van der Waals surface area contributed by atoms with Crippen LogP contribution in [0, 0.1) is 0 Å². The fourth-order valence-corrected chi connectivity index (χ4v) is 1.85. The zero-order valence-corrected chi connectivity index (χ0v) is 11.0. The number of isothiocyanates is 1. The highest BCUT2D eigenvalue weighted by Crippen LogP contribution is 2.12. The van der Waals surface area contributed by atoms with Crippen LogP contribution in [0.4, 0.5) is 4.79 Å². The minimum absolute atomic E-state index is 0.0152. The third-order valence-electron chi connectivity index (χ3n) is 2.78. The first-order valence-corrected chi connectivity index (χ1v) is 6.19. The fourth-order valence-electron chi connectivity index (χ4n) is 1.78. The molecule has 0 aliphatic carbocycles. The molecular formula is C13H12N2O3S. The van der Waals surface area contributed by atoms with Gasteiger partial charge in [0.2, 0.25) is 0 Å². The Labute approximate surface area is 115 Å². The van der Waals surface area contributed by atoms with Crippen molar-refractivity contribution in [3.05, 3.63) is 35.4 Å². The minimum atomic E-state index is -0.296. The number of benzene rings is 1. The number of hydrogen-bond acceptors (Lipinski definition) is 5. The van der Waals surface area contributed by atoms with Crippen LogP contribution in [0.2, 0.25) is 0 Å². The molecule has 1 fully saturated rings. The summed E-state index contributed by atoms with van der Waals surface area (Å²) >= 11 is 4.41. The van der Waals surface area contributed by atoms with Crippen molar-refractivity contribution in [3.8, 4) is 0 Å². The highest BCUT2D eigenvalue weighted by molar-refractivity contribution is 7.78. The number of aliphatic imine (C=N–C) groups is 1. The molecule has 1 aromatic rings. The molecule has 1 aromatic carbocycles. The number of hydrogen-bond donors (Lipinski definition) is 0. The lowest BCUT2D eigenvalue weighted by molar-refractivity contribution is 0.100. The van der Waals surface area contributed by atoms with Gasteiger partial charge in [-0.1, -0.05) is 24.3 Å². The number of carbonyl (C=O) groups is 2. The number of nitrogens with zero attached hydrogens (tertiary/aromatic N) is 2. The molecule has 5 nitrogen and oxygen atoms in total. The molecule has 0 radical (unpaired) electrons. The lowest BCUT2D eigenvalue weighted by atomic mass is 10.1. The topological polar surface area (TPSA) is 59.0 Å².